The highest BCUT2D eigenvalue weighted by atomic mass is 32.2. The zero-order valence-corrected chi connectivity index (χ0v) is 25.5. The number of rotatable bonds is 11. The summed E-state index contributed by atoms with van der Waals surface area (Å²) in [6.07, 6.45) is 1.68. The van der Waals surface area contributed by atoms with Crippen molar-refractivity contribution in [3.63, 3.8) is 0 Å². The minimum atomic E-state index is -0.472. The van der Waals surface area contributed by atoms with Crippen LogP contribution in [-0.2, 0) is 9.59 Å². The number of benzene rings is 5. The van der Waals surface area contributed by atoms with Crippen molar-refractivity contribution in [2.24, 2.45) is 0 Å². The number of nitrogens with one attached hydrogen (secondary N) is 3. The number of anilines is 2. The minimum Gasteiger partial charge on any atom is -0.497 e. The van der Waals surface area contributed by atoms with Crippen LogP contribution >= 0.6 is 11.8 Å². The smallest absolute Gasteiger partial charge is 0.272 e. The lowest BCUT2D eigenvalue weighted by Gasteiger charge is -2.13. The van der Waals surface area contributed by atoms with Gasteiger partial charge in [-0.1, -0.05) is 60.7 Å². The lowest BCUT2D eigenvalue weighted by molar-refractivity contribution is -0.114. The van der Waals surface area contributed by atoms with E-state index in [0.29, 0.717) is 28.4 Å². The molecule has 0 saturated carbocycles. The molecule has 0 saturated heterocycles. The number of carbonyl (C=O) groups excluding carboxylic acids is 3. The van der Waals surface area contributed by atoms with Gasteiger partial charge >= 0.3 is 0 Å². The Hall–Kier alpha value is -5.54. The normalized spacial score (nSPS) is 11.0. The number of thioether (sulfide) groups is 1. The fourth-order valence-corrected chi connectivity index (χ4v) is 5.24. The van der Waals surface area contributed by atoms with Crippen LogP contribution in [0.4, 0.5) is 11.4 Å². The van der Waals surface area contributed by atoms with Crippen molar-refractivity contribution in [1.82, 2.24) is 5.32 Å². The molecule has 0 aromatic heterocycles. The largest absolute Gasteiger partial charge is 0.497 e. The van der Waals surface area contributed by atoms with Gasteiger partial charge < -0.3 is 25.4 Å². The summed E-state index contributed by atoms with van der Waals surface area (Å²) in [7, 11) is 3.09. The van der Waals surface area contributed by atoms with Crippen LogP contribution in [0.1, 0.15) is 15.9 Å². The first kappa shape index (κ1) is 30.9. The van der Waals surface area contributed by atoms with Crippen molar-refractivity contribution in [2.75, 3.05) is 30.6 Å². The first-order valence-electron chi connectivity index (χ1n) is 14.1. The third-order valence-electron chi connectivity index (χ3n) is 6.82. The van der Waals surface area contributed by atoms with Gasteiger partial charge in [-0.05, 0) is 70.9 Å². The van der Waals surface area contributed by atoms with Gasteiger partial charge in [-0.2, -0.15) is 0 Å². The molecule has 0 aliphatic heterocycles. The zero-order chi connectivity index (χ0) is 31.6. The van der Waals surface area contributed by atoms with E-state index in [1.807, 2.05) is 60.7 Å². The van der Waals surface area contributed by atoms with Crippen molar-refractivity contribution in [1.29, 1.82) is 0 Å². The monoisotopic (exact) mass is 617 g/mol. The van der Waals surface area contributed by atoms with Gasteiger partial charge in [0.25, 0.3) is 11.8 Å². The summed E-state index contributed by atoms with van der Waals surface area (Å²) < 4.78 is 10.5. The first-order valence-corrected chi connectivity index (χ1v) is 15.0. The SMILES string of the molecule is COc1ccc(NC(=O)CSc2ccc(NC(=O)/C(=C/c3cccc4ccccc34)NC(=O)c3ccccc3)cc2)c(OC)c1. The number of methoxy groups -OCH3 is 2. The molecule has 0 fully saturated rings. The minimum absolute atomic E-state index is 0.101. The van der Waals surface area contributed by atoms with Crippen LogP contribution in [0.25, 0.3) is 16.8 Å². The second-order valence-corrected chi connectivity index (χ2v) is 10.9. The Morgan fingerprint density at radius 1 is 0.756 bits per heavy atom. The molecule has 0 aliphatic carbocycles. The molecule has 0 unspecified atom stereocenters. The lowest BCUT2D eigenvalue weighted by Crippen LogP contribution is -2.30. The molecule has 226 valence electrons. The van der Waals surface area contributed by atoms with E-state index in [2.05, 4.69) is 16.0 Å². The lowest BCUT2D eigenvalue weighted by atomic mass is 10.0. The maximum Gasteiger partial charge on any atom is 0.272 e. The molecule has 5 rings (SSSR count). The average molecular weight is 618 g/mol. The number of hydrogen-bond donors (Lipinski definition) is 3. The van der Waals surface area contributed by atoms with Crippen molar-refractivity contribution in [3.8, 4) is 11.5 Å². The molecule has 0 heterocycles. The zero-order valence-electron chi connectivity index (χ0n) is 24.7. The molecule has 0 atom stereocenters. The second-order valence-electron chi connectivity index (χ2n) is 9.83. The Kier molecular flexibility index (Phi) is 10.1. The summed E-state index contributed by atoms with van der Waals surface area (Å²) in [6.45, 7) is 0. The summed E-state index contributed by atoms with van der Waals surface area (Å²) in [5, 5.41) is 10.5. The fourth-order valence-electron chi connectivity index (χ4n) is 4.54. The predicted molar refractivity (Wildman–Crippen MR) is 180 cm³/mol. The quantitative estimate of drug-likeness (QED) is 0.109. The summed E-state index contributed by atoms with van der Waals surface area (Å²) in [5.74, 6) is 0.237. The highest BCUT2D eigenvalue weighted by molar-refractivity contribution is 8.00. The van der Waals surface area contributed by atoms with Crippen LogP contribution in [-0.4, -0.2) is 37.7 Å². The molecule has 0 radical (unpaired) electrons. The van der Waals surface area contributed by atoms with E-state index < -0.39 is 11.8 Å². The van der Waals surface area contributed by atoms with Gasteiger partial charge in [-0.3, -0.25) is 14.4 Å². The molecule has 8 nitrogen and oxygen atoms in total. The van der Waals surface area contributed by atoms with Gasteiger partial charge in [0.2, 0.25) is 5.91 Å². The highest BCUT2D eigenvalue weighted by Crippen LogP contribution is 2.29. The van der Waals surface area contributed by atoms with Gasteiger partial charge in [-0.15, -0.1) is 11.8 Å². The third kappa shape index (κ3) is 8.10. The molecule has 3 N–H and O–H groups in total. The van der Waals surface area contributed by atoms with Crippen LogP contribution < -0.4 is 25.4 Å². The van der Waals surface area contributed by atoms with Gasteiger partial charge in [0.05, 0.1) is 25.7 Å². The molecule has 5 aromatic carbocycles. The van der Waals surface area contributed by atoms with E-state index in [-0.39, 0.29) is 17.4 Å². The molecular formula is C36H31N3O5S. The maximum atomic E-state index is 13.5. The molecule has 5 aromatic rings. The standard InChI is InChI=1S/C36H31N3O5S/c1-43-28-17-20-31(33(22-28)44-2)38-34(40)23-45-29-18-15-27(16-19-29)37-36(42)32(39-35(41)25-10-4-3-5-11-25)21-26-13-8-12-24-9-6-7-14-30(24)26/h3-22H,23H2,1-2H3,(H,37,42)(H,38,40)(H,39,41)/b32-21-. The molecule has 0 aliphatic rings. The van der Waals surface area contributed by atoms with E-state index in [0.717, 1.165) is 21.2 Å². The summed E-state index contributed by atoms with van der Waals surface area (Å²) >= 11 is 1.35. The van der Waals surface area contributed by atoms with Gasteiger partial charge in [-0.25, -0.2) is 0 Å². The Bertz CT molecular complexity index is 1850. The van der Waals surface area contributed by atoms with Crippen molar-refractivity contribution in [2.45, 2.75) is 4.90 Å². The van der Waals surface area contributed by atoms with E-state index in [9.17, 15) is 14.4 Å². The van der Waals surface area contributed by atoms with E-state index in [1.165, 1.54) is 18.9 Å². The molecule has 3 amide bonds. The van der Waals surface area contributed by atoms with Gasteiger partial charge in [0, 0.05) is 22.2 Å². The van der Waals surface area contributed by atoms with Gasteiger partial charge in [0.1, 0.15) is 17.2 Å². The van der Waals surface area contributed by atoms with Crippen LogP contribution in [0.2, 0.25) is 0 Å². The Balaban J connectivity index is 1.27. The molecule has 0 spiro atoms. The van der Waals surface area contributed by atoms with E-state index in [1.54, 1.807) is 67.8 Å². The summed E-state index contributed by atoms with van der Waals surface area (Å²) in [4.78, 5) is 40.0. The Morgan fingerprint density at radius 3 is 2.24 bits per heavy atom. The van der Waals surface area contributed by atoms with Crippen molar-refractivity contribution >= 4 is 57.7 Å². The van der Waals surface area contributed by atoms with E-state index in [4.69, 9.17) is 9.47 Å². The number of amides is 3. The molecule has 45 heavy (non-hydrogen) atoms. The third-order valence-corrected chi connectivity index (χ3v) is 7.83. The van der Waals surface area contributed by atoms with Gasteiger partial charge in [0.15, 0.2) is 0 Å². The van der Waals surface area contributed by atoms with Crippen molar-refractivity contribution in [3.05, 3.63) is 132 Å². The van der Waals surface area contributed by atoms with Crippen LogP contribution in [0, 0.1) is 0 Å². The average Bonchev–Trinajstić information content (AvgIpc) is 3.08. The number of fused-ring (bicyclic) bond motifs is 1. The van der Waals surface area contributed by atoms with Crippen LogP contribution in [0.3, 0.4) is 0 Å². The molecule has 0 bridgehead atoms. The number of carbonyl (C=O) groups is 3. The predicted octanol–water partition coefficient (Wildman–Crippen LogP) is 7.00. The topological polar surface area (TPSA) is 106 Å². The molecular weight excluding hydrogens is 586 g/mol. The summed E-state index contributed by atoms with van der Waals surface area (Å²) in [5.41, 5.74) is 2.42. The number of hydrogen-bond acceptors (Lipinski definition) is 6. The summed E-state index contributed by atoms with van der Waals surface area (Å²) in [6, 6.07) is 34.7. The Labute approximate surface area is 265 Å². The fraction of sp³-hybridized carbons (Fsp3) is 0.0833. The highest BCUT2D eigenvalue weighted by Gasteiger charge is 2.16. The second kappa shape index (κ2) is 14.8. The Morgan fingerprint density at radius 2 is 1.49 bits per heavy atom. The first-order chi connectivity index (χ1) is 21.9. The van der Waals surface area contributed by atoms with Crippen LogP contribution in [0.5, 0.6) is 11.5 Å². The molecule has 9 heteroatoms. The van der Waals surface area contributed by atoms with Crippen LogP contribution in [0.15, 0.2) is 126 Å². The number of ether oxygens (including phenoxy) is 2. The van der Waals surface area contributed by atoms with Crippen molar-refractivity contribution < 1.29 is 23.9 Å². The van der Waals surface area contributed by atoms with E-state index >= 15 is 0 Å². The maximum absolute atomic E-state index is 13.5.